The lowest BCUT2D eigenvalue weighted by Crippen LogP contribution is -2.48. The molecule has 1 aliphatic rings. The van der Waals surface area contributed by atoms with Gasteiger partial charge in [-0.15, -0.1) is 11.3 Å². The van der Waals surface area contributed by atoms with Crippen LogP contribution in [-0.4, -0.2) is 35.7 Å². The Morgan fingerprint density at radius 2 is 1.67 bits per heavy atom. The Morgan fingerprint density at radius 1 is 1.03 bits per heavy atom. The van der Waals surface area contributed by atoms with Gasteiger partial charge in [-0.2, -0.15) is 0 Å². The molecule has 4 rings (SSSR count). The van der Waals surface area contributed by atoms with Crippen molar-refractivity contribution in [1.82, 2.24) is 10.6 Å². The maximum atomic E-state index is 12.6. The number of carbonyl (C=O) groups excluding carboxylic acids is 2. The van der Waals surface area contributed by atoms with E-state index in [-0.39, 0.29) is 19.1 Å². The third kappa shape index (κ3) is 5.26. The van der Waals surface area contributed by atoms with Gasteiger partial charge in [0.1, 0.15) is 12.6 Å². The topological polar surface area (TPSA) is 105 Å². The molecule has 0 radical (unpaired) electrons. The zero-order valence-corrected chi connectivity index (χ0v) is 19.8. The Morgan fingerprint density at radius 3 is 2.24 bits per heavy atom. The number of nitrogens with one attached hydrogen (secondary N) is 2. The van der Waals surface area contributed by atoms with Crippen LogP contribution in [0.25, 0.3) is 11.1 Å². The maximum absolute atomic E-state index is 12.6. The molecule has 0 aliphatic heterocycles. The Balaban J connectivity index is 1.39. The van der Waals surface area contributed by atoms with E-state index in [0.29, 0.717) is 0 Å². The molecular formula is C24H21BrN2O5S. The fourth-order valence-corrected chi connectivity index (χ4v) is 5.16. The number of thiophene rings is 1. The van der Waals surface area contributed by atoms with Crippen LogP contribution in [0.2, 0.25) is 0 Å². The average molecular weight is 529 g/mol. The summed E-state index contributed by atoms with van der Waals surface area (Å²) in [5, 5.41) is 16.1. The highest BCUT2D eigenvalue weighted by atomic mass is 79.9. The summed E-state index contributed by atoms with van der Waals surface area (Å²) in [4.78, 5) is 36.3. The molecule has 0 saturated carbocycles. The summed E-state index contributed by atoms with van der Waals surface area (Å²) in [5.74, 6) is -1.93. The molecule has 170 valence electrons. The van der Waals surface area contributed by atoms with Gasteiger partial charge in [-0.25, -0.2) is 4.79 Å². The predicted molar refractivity (Wildman–Crippen MR) is 128 cm³/mol. The second kappa shape index (κ2) is 10.2. The van der Waals surface area contributed by atoms with Crippen molar-refractivity contribution >= 4 is 45.2 Å². The van der Waals surface area contributed by atoms with E-state index >= 15 is 0 Å². The number of amides is 2. The van der Waals surface area contributed by atoms with Crippen molar-refractivity contribution < 1.29 is 24.2 Å². The SMILES string of the molecule is O=C(O)CC(NC(=O)OCC1c2ccccc2-c2ccccc21)C(=O)NCc1ccsc1Br. The third-order valence-electron chi connectivity index (χ3n) is 5.48. The quantitative estimate of drug-likeness (QED) is 0.399. The number of alkyl carbamates (subject to hydrolysis) is 1. The summed E-state index contributed by atoms with van der Waals surface area (Å²) in [5.41, 5.74) is 5.19. The molecule has 0 spiro atoms. The zero-order valence-electron chi connectivity index (χ0n) is 17.4. The molecule has 0 saturated heterocycles. The summed E-state index contributed by atoms with van der Waals surface area (Å²) in [7, 11) is 0. The molecule has 3 aromatic rings. The van der Waals surface area contributed by atoms with E-state index in [9.17, 15) is 19.5 Å². The summed E-state index contributed by atoms with van der Waals surface area (Å²) in [6.07, 6.45) is -1.39. The highest BCUT2D eigenvalue weighted by Gasteiger charge is 2.30. The van der Waals surface area contributed by atoms with Gasteiger partial charge in [0.15, 0.2) is 0 Å². The minimum atomic E-state index is -1.25. The molecule has 0 fully saturated rings. The minimum absolute atomic E-state index is 0.0725. The number of aliphatic carboxylic acids is 1. The lowest BCUT2D eigenvalue weighted by molar-refractivity contribution is -0.139. The van der Waals surface area contributed by atoms with Gasteiger partial charge in [0.2, 0.25) is 5.91 Å². The number of rotatable bonds is 8. The second-order valence-corrected chi connectivity index (χ2v) is 9.79. The lowest BCUT2D eigenvalue weighted by Gasteiger charge is -2.18. The molecule has 1 aliphatic carbocycles. The van der Waals surface area contributed by atoms with E-state index in [1.54, 1.807) is 0 Å². The van der Waals surface area contributed by atoms with Crippen LogP contribution in [0.5, 0.6) is 0 Å². The van der Waals surface area contributed by atoms with E-state index in [0.717, 1.165) is 31.6 Å². The first kappa shape index (κ1) is 23.0. The average Bonchev–Trinajstić information content (AvgIpc) is 3.36. The molecule has 7 nitrogen and oxygen atoms in total. The van der Waals surface area contributed by atoms with Crippen LogP contribution in [0, 0.1) is 0 Å². The van der Waals surface area contributed by atoms with Crippen LogP contribution >= 0.6 is 27.3 Å². The Labute approximate surface area is 202 Å². The number of carbonyl (C=O) groups is 3. The number of carboxylic acids is 1. The lowest BCUT2D eigenvalue weighted by atomic mass is 9.98. The molecule has 0 bridgehead atoms. The summed E-state index contributed by atoms with van der Waals surface area (Å²) < 4.78 is 6.32. The Hall–Kier alpha value is -3.17. The number of hydrogen-bond acceptors (Lipinski definition) is 5. The van der Waals surface area contributed by atoms with Crippen molar-refractivity contribution in [2.45, 2.75) is 24.9 Å². The van der Waals surface area contributed by atoms with Crippen LogP contribution in [0.4, 0.5) is 4.79 Å². The van der Waals surface area contributed by atoms with E-state index in [4.69, 9.17) is 4.74 Å². The summed E-state index contributed by atoms with van der Waals surface area (Å²) in [6, 6.07) is 16.5. The highest BCUT2D eigenvalue weighted by molar-refractivity contribution is 9.11. The maximum Gasteiger partial charge on any atom is 0.407 e. The second-order valence-electron chi connectivity index (χ2n) is 7.56. The van der Waals surface area contributed by atoms with Gasteiger partial charge in [-0.1, -0.05) is 48.5 Å². The van der Waals surface area contributed by atoms with Crippen LogP contribution in [-0.2, 0) is 20.9 Å². The number of ether oxygens (including phenoxy) is 1. The number of halogens is 1. The number of fused-ring (bicyclic) bond motifs is 3. The summed E-state index contributed by atoms with van der Waals surface area (Å²) >= 11 is 4.87. The molecule has 1 atom stereocenters. The van der Waals surface area contributed by atoms with Crippen LogP contribution < -0.4 is 10.6 Å². The van der Waals surface area contributed by atoms with Crippen LogP contribution in [0.15, 0.2) is 63.8 Å². The minimum Gasteiger partial charge on any atom is -0.481 e. The van der Waals surface area contributed by atoms with Gasteiger partial charge in [-0.05, 0) is 55.2 Å². The van der Waals surface area contributed by atoms with Gasteiger partial charge < -0.3 is 20.5 Å². The zero-order chi connectivity index (χ0) is 23.4. The van der Waals surface area contributed by atoms with Crippen LogP contribution in [0.1, 0.15) is 29.0 Å². The van der Waals surface area contributed by atoms with Crippen molar-refractivity contribution in [3.8, 4) is 11.1 Å². The van der Waals surface area contributed by atoms with Gasteiger partial charge >= 0.3 is 12.1 Å². The normalized spacial score (nSPS) is 13.0. The predicted octanol–water partition coefficient (Wildman–Crippen LogP) is 4.51. The largest absolute Gasteiger partial charge is 0.481 e. The van der Waals surface area contributed by atoms with Gasteiger partial charge in [-0.3, -0.25) is 9.59 Å². The fourth-order valence-electron chi connectivity index (χ4n) is 3.92. The number of hydrogen-bond donors (Lipinski definition) is 3. The van der Waals surface area contributed by atoms with Crippen LogP contribution in [0.3, 0.4) is 0 Å². The summed E-state index contributed by atoms with van der Waals surface area (Å²) in [6.45, 7) is 0.286. The molecular weight excluding hydrogens is 508 g/mol. The van der Waals surface area contributed by atoms with Crippen molar-refractivity contribution in [2.75, 3.05) is 6.61 Å². The van der Waals surface area contributed by atoms with E-state index in [2.05, 4.69) is 26.6 Å². The van der Waals surface area contributed by atoms with Gasteiger partial charge in [0, 0.05) is 12.5 Å². The molecule has 2 amide bonds. The van der Waals surface area contributed by atoms with E-state index in [1.807, 2.05) is 60.0 Å². The first-order valence-corrected chi connectivity index (χ1v) is 11.9. The van der Waals surface area contributed by atoms with E-state index in [1.165, 1.54) is 11.3 Å². The first-order valence-electron chi connectivity index (χ1n) is 10.3. The molecule has 1 heterocycles. The van der Waals surface area contributed by atoms with Crippen molar-refractivity contribution in [2.24, 2.45) is 0 Å². The van der Waals surface area contributed by atoms with Gasteiger partial charge in [0.05, 0.1) is 10.2 Å². The molecule has 3 N–H and O–H groups in total. The first-order chi connectivity index (χ1) is 15.9. The molecule has 1 unspecified atom stereocenters. The van der Waals surface area contributed by atoms with Crippen molar-refractivity contribution in [3.05, 3.63) is 80.5 Å². The smallest absolute Gasteiger partial charge is 0.407 e. The monoisotopic (exact) mass is 528 g/mol. The molecule has 1 aromatic heterocycles. The molecule has 2 aromatic carbocycles. The number of benzene rings is 2. The Kier molecular flexibility index (Phi) is 7.10. The highest BCUT2D eigenvalue weighted by Crippen LogP contribution is 2.44. The Bertz CT molecular complexity index is 1150. The third-order valence-corrected chi connectivity index (χ3v) is 7.29. The number of carboxylic acid groups (broad SMARTS) is 1. The molecule has 33 heavy (non-hydrogen) atoms. The standard InChI is InChI=1S/C24H21BrN2O5S/c25-22-14(9-10-33-22)12-26-23(30)20(11-21(28)29)27-24(31)32-13-19-17-7-3-1-5-15(17)16-6-2-4-8-18(16)19/h1-10,19-20H,11-13H2,(H,26,30)(H,27,31)(H,28,29). The van der Waals surface area contributed by atoms with Crippen molar-refractivity contribution in [1.29, 1.82) is 0 Å². The fraction of sp³-hybridized carbons (Fsp3) is 0.208. The van der Waals surface area contributed by atoms with E-state index < -0.39 is 30.4 Å². The van der Waals surface area contributed by atoms with Crippen molar-refractivity contribution in [3.63, 3.8) is 0 Å². The van der Waals surface area contributed by atoms with Gasteiger partial charge in [0.25, 0.3) is 0 Å². The molecule has 9 heteroatoms.